The van der Waals surface area contributed by atoms with Crippen molar-refractivity contribution in [3.63, 3.8) is 0 Å². The van der Waals surface area contributed by atoms with E-state index in [1.807, 2.05) is 6.07 Å². The summed E-state index contributed by atoms with van der Waals surface area (Å²) < 4.78 is 27.3. The van der Waals surface area contributed by atoms with Gasteiger partial charge in [-0.1, -0.05) is 17.7 Å². The zero-order valence-corrected chi connectivity index (χ0v) is 26.4. The molecule has 7 rings (SSSR count). The number of anilines is 1. The number of aryl methyl sites for hydroxylation is 2. The molecule has 2 unspecified atom stereocenters. The van der Waals surface area contributed by atoms with Crippen molar-refractivity contribution in [3.05, 3.63) is 76.5 Å². The number of likely N-dealkylation sites (tertiary alicyclic amines) is 1. The van der Waals surface area contributed by atoms with Crippen LogP contribution in [0.1, 0.15) is 36.1 Å². The van der Waals surface area contributed by atoms with Crippen LogP contribution in [0.3, 0.4) is 0 Å². The molecule has 3 aliphatic heterocycles. The molecule has 12 heteroatoms. The first-order valence-electron chi connectivity index (χ1n) is 15.6. The standard InChI is InChI=1S/C34H35ClFN7O3/c1-22-23(2-3-30-29(22)13-26(15-37)43(30)7-4-27-16-38-32(44)18-45-27)17-41-8-5-34(19-41)6-9-42(20-34)31-14-33(40-21-39-31)46-28-11-24(35)10-25(36)12-28/h2-3,10-14,21,27H,4-9,16-20H2,1H3,(H,38,44). The van der Waals surface area contributed by atoms with Gasteiger partial charge in [0.05, 0.1) is 6.10 Å². The van der Waals surface area contributed by atoms with Gasteiger partial charge in [0.25, 0.3) is 0 Å². The van der Waals surface area contributed by atoms with E-state index in [1.54, 1.807) is 12.1 Å². The fourth-order valence-corrected chi connectivity index (χ4v) is 7.36. The predicted octanol–water partition coefficient (Wildman–Crippen LogP) is 5.20. The van der Waals surface area contributed by atoms with Crippen molar-refractivity contribution < 1.29 is 18.7 Å². The third-order valence-corrected chi connectivity index (χ3v) is 9.81. The average molecular weight is 644 g/mol. The highest BCUT2D eigenvalue weighted by Crippen LogP contribution is 2.42. The van der Waals surface area contributed by atoms with Crippen LogP contribution < -0.4 is 15.0 Å². The fraction of sp³-hybridized carbons (Fsp3) is 0.412. The molecule has 0 saturated carbocycles. The quantitative estimate of drug-likeness (QED) is 0.279. The molecule has 46 heavy (non-hydrogen) atoms. The molecule has 2 aromatic carbocycles. The van der Waals surface area contributed by atoms with Gasteiger partial charge in [0, 0.05) is 72.7 Å². The normalized spacial score (nSPS) is 21.7. The lowest BCUT2D eigenvalue weighted by Crippen LogP contribution is -2.43. The van der Waals surface area contributed by atoms with E-state index < -0.39 is 5.82 Å². The zero-order valence-electron chi connectivity index (χ0n) is 25.6. The van der Waals surface area contributed by atoms with Gasteiger partial charge in [0.1, 0.15) is 42.1 Å². The minimum absolute atomic E-state index is 0.0550. The highest BCUT2D eigenvalue weighted by Gasteiger charge is 2.44. The molecule has 1 N–H and O–H groups in total. The molecule has 3 fully saturated rings. The molecule has 4 aromatic rings. The van der Waals surface area contributed by atoms with Crippen LogP contribution >= 0.6 is 11.6 Å². The van der Waals surface area contributed by atoms with Crippen molar-refractivity contribution in [2.45, 2.75) is 45.4 Å². The van der Waals surface area contributed by atoms with E-state index in [4.69, 9.17) is 21.1 Å². The Hall–Kier alpha value is -4.24. The van der Waals surface area contributed by atoms with E-state index >= 15 is 0 Å². The average Bonchev–Trinajstić information content (AvgIpc) is 3.75. The Morgan fingerprint density at radius 2 is 2.04 bits per heavy atom. The number of carbonyl (C=O) groups is 1. The van der Waals surface area contributed by atoms with Crippen LogP contribution in [0.25, 0.3) is 10.9 Å². The van der Waals surface area contributed by atoms with Crippen LogP contribution in [0.5, 0.6) is 11.6 Å². The fourth-order valence-electron chi connectivity index (χ4n) is 7.15. The number of fused-ring (bicyclic) bond motifs is 1. The molecule has 2 atom stereocenters. The lowest BCUT2D eigenvalue weighted by atomic mass is 9.86. The van der Waals surface area contributed by atoms with Gasteiger partial charge >= 0.3 is 0 Å². The molecular weight excluding hydrogens is 609 g/mol. The summed E-state index contributed by atoms with van der Waals surface area (Å²) >= 11 is 5.98. The van der Waals surface area contributed by atoms with E-state index in [-0.39, 0.29) is 29.1 Å². The minimum Gasteiger partial charge on any atom is -0.439 e. The molecule has 0 aliphatic carbocycles. The first-order valence-corrected chi connectivity index (χ1v) is 16.0. The number of hydrogen-bond acceptors (Lipinski definition) is 8. The monoisotopic (exact) mass is 643 g/mol. The van der Waals surface area contributed by atoms with Gasteiger partial charge in [0.2, 0.25) is 11.8 Å². The summed E-state index contributed by atoms with van der Waals surface area (Å²) in [5.41, 5.74) is 4.35. The maximum Gasteiger partial charge on any atom is 0.246 e. The number of halogens is 2. The molecule has 1 spiro atoms. The van der Waals surface area contributed by atoms with Gasteiger partial charge in [-0.25, -0.2) is 14.4 Å². The minimum atomic E-state index is -0.469. The van der Waals surface area contributed by atoms with Crippen LogP contribution in [0.4, 0.5) is 10.2 Å². The van der Waals surface area contributed by atoms with E-state index in [9.17, 15) is 14.4 Å². The summed E-state index contributed by atoms with van der Waals surface area (Å²) in [5, 5.41) is 14.1. The number of carbonyl (C=O) groups excluding carboxylic acids is 1. The second-order valence-corrected chi connectivity index (χ2v) is 13.1. The van der Waals surface area contributed by atoms with Crippen LogP contribution in [-0.4, -0.2) is 70.8 Å². The molecule has 1 amide bonds. The van der Waals surface area contributed by atoms with Crippen molar-refractivity contribution in [1.29, 1.82) is 5.26 Å². The number of benzene rings is 2. The molecule has 2 aromatic heterocycles. The lowest BCUT2D eigenvalue weighted by Gasteiger charge is -2.25. The van der Waals surface area contributed by atoms with Crippen LogP contribution in [0.2, 0.25) is 5.02 Å². The number of aromatic nitrogens is 3. The Morgan fingerprint density at radius 3 is 2.85 bits per heavy atom. The van der Waals surface area contributed by atoms with Crippen molar-refractivity contribution in [1.82, 2.24) is 24.8 Å². The van der Waals surface area contributed by atoms with Crippen molar-refractivity contribution in [2.24, 2.45) is 5.41 Å². The lowest BCUT2D eigenvalue weighted by molar-refractivity contribution is -0.133. The second-order valence-electron chi connectivity index (χ2n) is 12.7. The Morgan fingerprint density at radius 1 is 1.17 bits per heavy atom. The largest absolute Gasteiger partial charge is 0.439 e. The van der Waals surface area contributed by atoms with E-state index in [0.29, 0.717) is 30.4 Å². The van der Waals surface area contributed by atoms with Gasteiger partial charge in [-0.15, -0.1) is 0 Å². The van der Waals surface area contributed by atoms with E-state index in [2.05, 4.69) is 54.8 Å². The summed E-state index contributed by atoms with van der Waals surface area (Å²) in [5.74, 6) is 0.872. The van der Waals surface area contributed by atoms with Crippen LogP contribution in [0, 0.1) is 29.5 Å². The topological polar surface area (TPSA) is 109 Å². The zero-order chi connectivity index (χ0) is 31.8. The number of ether oxygens (including phenoxy) is 2. The van der Waals surface area contributed by atoms with Crippen molar-refractivity contribution in [3.8, 4) is 17.7 Å². The first kappa shape index (κ1) is 30.4. The Bertz CT molecular complexity index is 1810. The van der Waals surface area contributed by atoms with E-state index in [1.165, 1.54) is 29.6 Å². The number of nitriles is 1. The maximum absolute atomic E-state index is 13.8. The predicted molar refractivity (Wildman–Crippen MR) is 171 cm³/mol. The third kappa shape index (κ3) is 6.25. The molecule has 10 nitrogen and oxygen atoms in total. The van der Waals surface area contributed by atoms with Crippen LogP contribution in [0.15, 0.2) is 48.8 Å². The molecule has 0 bridgehead atoms. The first-order chi connectivity index (χ1) is 22.3. The van der Waals surface area contributed by atoms with Gasteiger partial charge in [-0.3, -0.25) is 9.69 Å². The second kappa shape index (κ2) is 12.5. The third-order valence-electron chi connectivity index (χ3n) is 9.59. The van der Waals surface area contributed by atoms with Crippen molar-refractivity contribution >= 4 is 34.2 Å². The molecular formula is C34H35ClFN7O3. The highest BCUT2D eigenvalue weighted by atomic mass is 35.5. The number of amides is 1. The number of rotatable bonds is 8. The molecule has 238 valence electrons. The summed E-state index contributed by atoms with van der Waals surface area (Å²) in [6, 6.07) is 14.6. The maximum atomic E-state index is 13.8. The number of nitrogens with one attached hydrogen (secondary N) is 1. The number of hydrogen-bond donors (Lipinski definition) is 1. The smallest absolute Gasteiger partial charge is 0.246 e. The van der Waals surface area contributed by atoms with Gasteiger partial charge in [-0.2, -0.15) is 5.26 Å². The summed E-state index contributed by atoms with van der Waals surface area (Å²) in [6.45, 7) is 8.05. The molecule has 3 saturated heterocycles. The highest BCUT2D eigenvalue weighted by molar-refractivity contribution is 6.30. The summed E-state index contributed by atoms with van der Waals surface area (Å²) in [4.78, 5) is 25.0. The Labute approximate surface area is 271 Å². The van der Waals surface area contributed by atoms with Crippen molar-refractivity contribution in [2.75, 3.05) is 44.2 Å². The summed E-state index contributed by atoms with van der Waals surface area (Å²) in [6.07, 6.45) is 4.33. The SMILES string of the molecule is Cc1c(CN2CCC3(CCN(c4cc(Oc5cc(F)cc(Cl)c5)ncn4)C3)C2)ccc2c1cc(C#N)n2CCC1CNC(=O)CO1. The molecule has 0 radical (unpaired) electrons. The van der Waals surface area contributed by atoms with E-state index in [0.717, 1.165) is 68.7 Å². The molecule has 5 heterocycles. The number of nitrogens with zero attached hydrogens (tertiary/aromatic N) is 6. The summed E-state index contributed by atoms with van der Waals surface area (Å²) in [7, 11) is 0. The van der Waals surface area contributed by atoms with Gasteiger partial charge < -0.3 is 24.3 Å². The Balaban J connectivity index is 0.999. The van der Waals surface area contributed by atoms with Gasteiger partial charge in [0.15, 0.2) is 0 Å². The number of morpholine rings is 1. The molecule has 3 aliphatic rings. The van der Waals surface area contributed by atoms with Gasteiger partial charge in [-0.05, 0) is 68.1 Å². The Kier molecular flexibility index (Phi) is 8.27. The van der Waals surface area contributed by atoms with Crippen LogP contribution in [-0.2, 0) is 22.6 Å².